The summed E-state index contributed by atoms with van der Waals surface area (Å²) < 4.78 is 5.58. The predicted octanol–water partition coefficient (Wildman–Crippen LogP) is 2.82. The van der Waals surface area contributed by atoms with E-state index in [-0.39, 0.29) is 0 Å². The minimum atomic E-state index is 0.500. The Bertz CT molecular complexity index is 177. The molecule has 1 saturated heterocycles. The minimum absolute atomic E-state index is 0.500. The van der Waals surface area contributed by atoms with Gasteiger partial charge in [0.25, 0.3) is 0 Å². The lowest BCUT2D eigenvalue weighted by atomic mass is 10.0. The zero-order chi connectivity index (χ0) is 11.1. The van der Waals surface area contributed by atoms with Crippen molar-refractivity contribution in [2.75, 3.05) is 25.4 Å². The molecule has 94 valence electrons. The van der Waals surface area contributed by atoms with Gasteiger partial charge in [-0.25, -0.2) is 0 Å². The van der Waals surface area contributed by atoms with E-state index in [1.807, 2.05) is 0 Å². The number of thioether (sulfide) groups is 1. The van der Waals surface area contributed by atoms with Crippen molar-refractivity contribution in [3.8, 4) is 0 Å². The summed E-state index contributed by atoms with van der Waals surface area (Å²) in [5.41, 5.74) is 0. The van der Waals surface area contributed by atoms with Crippen LogP contribution in [0, 0.1) is 0 Å². The Hall–Kier alpha value is 0.270. The third-order valence-electron chi connectivity index (χ3n) is 3.58. The number of rotatable bonds is 6. The molecule has 0 amide bonds. The molecule has 1 aliphatic carbocycles. The maximum Gasteiger partial charge on any atom is 0.0700 e. The Morgan fingerprint density at radius 2 is 1.94 bits per heavy atom. The number of ether oxygens (including phenoxy) is 1. The molecule has 2 aliphatic rings. The molecule has 1 aliphatic heterocycles. The molecular formula is C13H25NOS. The van der Waals surface area contributed by atoms with Crippen LogP contribution >= 0.6 is 11.8 Å². The summed E-state index contributed by atoms with van der Waals surface area (Å²) in [6.07, 6.45) is 10.3. The lowest BCUT2D eigenvalue weighted by molar-refractivity contribution is 0.110. The fourth-order valence-electron chi connectivity index (χ4n) is 2.60. The van der Waals surface area contributed by atoms with Crippen molar-refractivity contribution in [3.63, 3.8) is 0 Å². The Morgan fingerprint density at radius 1 is 1.06 bits per heavy atom. The van der Waals surface area contributed by atoms with Crippen LogP contribution in [0.25, 0.3) is 0 Å². The molecule has 0 radical (unpaired) electrons. The molecule has 1 saturated carbocycles. The Balaban J connectivity index is 1.42. The molecule has 16 heavy (non-hydrogen) atoms. The Kier molecular flexibility index (Phi) is 6.02. The first kappa shape index (κ1) is 12.7. The maximum absolute atomic E-state index is 5.58. The van der Waals surface area contributed by atoms with Crippen LogP contribution in [0.1, 0.15) is 44.9 Å². The van der Waals surface area contributed by atoms with E-state index in [0.717, 1.165) is 24.9 Å². The molecule has 0 aromatic heterocycles. The third-order valence-corrected chi connectivity index (χ3v) is 4.96. The van der Waals surface area contributed by atoms with Gasteiger partial charge in [-0.2, -0.15) is 11.8 Å². The van der Waals surface area contributed by atoms with E-state index < -0.39 is 0 Å². The molecule has 1 N–H and O–H groups in total. The number of hydrogen-bond donors (Lipinski definition) is 1. The normalized spacial score (nSPS) is 27.4. The van der Waals surface area contributed by atoms with Gasteiger partial charge in [0.15, 0.2) is 0 Å². The number of hydrogen-bond acceptors (Lipinski definition) is 3. The topological polar surface area (TPSA) is 21.3 Å². The van der Waals surface area contributed by atoms with Crippen molar-refractivity contribution in [1.82, 2.24) is 5.32 Å². The van der Waals surface area contributed by atoms with Gasteiger partial charge in [-0.05, 0) is 25.7 Å². The summed E-state index contributed by atoms with van der Waals surface area (Å²) in [5, 5.41) is 4.48. The van der Waals surface area contributed by atoms with Crippen LogP contribution in [-0.4, -0.2) is 36.8 Å². The summed E-state index contributed by atoms with van der Waals surface area (Å²) in [6, 6.07) is 0. The summed E-state index contributed by atoms with van der Waals surface area (Å²) in [6.45, 7) is 3.19. The van der Waals surface area contributed by atoms with Crippen molar-refractivity contribution in [2.24, 2.45) is 0 Å². The molecule has 2 rings (SSSR count). The quantitative estimate of drug-likeness (QED) is 0.725. The highest BCUT2D eigenvalue weighted by Gasteiger charge is 2.15. The van der Waals surface area contributed by atoms with Crippen LogP contribution in [0.15, 0.2) is 0 Å². The monoisotopic (exact) mass is 243 g/mol. The molecule has 1 heterocycles. The van der Waals surface area contributed by atoms with E-state index in [0.29, 0.717) is 6.10 Å². The smallest absolute Gasteiger partial charge is 0.0700 e. The number of nitrogens with one attached hydrogen (secondary N) is 1. The summed E-state index contributed by atoms with van der Waals surface area (Å²) in [4.78, 5) is 0. The van der Waals surface area contributed by atoms with Crippen LogP contribution in [0.5, 0.6) is 0 Å². The highest BCUT2D eigenvalue weighted by Crippen LogP contribution is 2.27. The van der Waals surface area contributed by atoms with E-state index in [2.05, 4.69) is 17.1 Å². The van der Waals surface area contributed by atoms with Gasteiger partial charge < -0.3 is 10.1 Å². The largest absolute Gasteiger partial charge is 0.377 e. The molecule has 1 atom stereocenters. The van der Waals surface area contributed by atoms with Gasteiger partial charge in [0.05, 0.1) is 6.10 Å². The van der Waals surface area contributed by atoms with Gasteiger partial charge in [-0.15, -0.1) is 0 Å². The van der Waals surface area contributed by atoms with Gasteiger partial charge in [0.2, 0.25) is 0 Å². The Labute approximate surface area is 104 Å². The van der Waals surface area contributed by atoms with Gasteiger partial charge in [-0.1, -0.05) is 19.3 Å². The zero-order valence-corrected chi connectivity index (χ0v) is 11.1. The SMILES string of the molecule is C1CCC(SCCNCC2CCCO2)CC1. The molecule has 0 bridgehead atoms. The average Bonchev–Trinajstić information content (AvgIpc) is 2.83. The van der Waals surface area contributed by atoms with Crippen molar-refractivity contribution in [1.29, 1.82) is 0 Å². The molecule has 3 heteroatoms. The third kappa shape index (κ3) is 4.64. The average molecular weight is 243 g/mol. The van der Waals surface area contributed by atoms with Gasteiger partial charge >= 0.3 is 0 Å². The zero-order valence-electron chi connectivity index (χ0n) is 10.2. The van der Waals surface area contributed by atoms with Gasteiger partial charge in [-0.3, -0.25) is 0 Å². The van der Waals surface area contributed by atoms with Gasteiger partial charge in [0, 0.05) is 30.7 Å². The molecule has 2 nitrogen and oxygen atoms in total. The molecule has 2 fully saturated rings. The van der Waals surface area contributed by atoms with E-state index in [4.69, 9.17) is 4.74 Å². The molecule has 0 aromatic carbocycles. The van der Waals surface area contributed by atoms with E-state index in [1.165, 1.54) is 50.7 Å². The fraction of sp³-hybridized carbons (Fsp3) is 1.00. The van der Waals surface area contributed by atoms with Crippen molar-refractivity contribution in [3.05, 3.63) is 0 Å². The van der Waals surface area contributed by atoms with E-state index >= 15 is 0 Å². The van der Waals surface area contributed by atoms with Crippen LogP contribution < -0.4 is 5.32 Å². The first-order chi connectivity index (χ1) is 7.95. The van der Waals surface area contributed by atoms with Crippen molar-refractivity contribution in [2.45, 2.75) is 56.3 Å². The van der Waals surface area contributed by atoms with Crippen LogP contribution in [0.4, 0.5) is 0 Å². The standard InChI is InChI=1S/C13H25NOS/c1-2-6-13(7-3-1)16-10-8-14-11-12-5-4-9-15-12/h12-14H,1-11H2. The molecule has 0 aromatic rings. The summed E-state index contributed by atoms with van der Waals surface area (Å²) in [5.74, 6) is 1.28. The van der Waals surface area contributed by atoms with Gasteiger partial charge in [0.1, 0.15) is 0 Å². The highest BCUT2D eigenvalue weighted by molar-refractivity contribution is 7.99. The first-order valence-corrected chi connectivity index (χ1v) is 7.94. The lowest BCUT2D eigenvalue weighted by Crippen LogP contribution is -2.28. The Morgan fingerprint density at radius 3 is 2.69 bits per heavy atom. The minimum Gasteiger partial charge on any atom is -0.377 e. The predicted molar refractivity (Wildman–Crippen MR) is 71.2 cm³/mol. The van der Waals surface area contributed by atoms with Crippen LogP contribution in [-0.2, 0) is 4.74 Å². The summed E-state index contributed by atoms with van der Waals surface area (Å²) >= 11 is 2.18. The van der Waals surface area contributed by atoms with E-state index in [1.54, 1.807) is 0 Å². The van der Waals surface area contributed by atoms with Crippen molar-refractivity contribution >= 4 is 11.8 Å². The van der Waals surface area contributed by atoms with Crippen LogP contribution in [0.2, 0.25) is 0 Å². The summed E-state index contributed by atoms with van der Waals surface area (Å²) in [7, 11) is 0. The van der Waals surface area contributed by atoms with Crippen LogP contribution in [0.3, 0.4) is 0 Å². The molecule has 0 spiro atoms. The second-order valence-corrected chi connectivity index (χ2v) is 6.38. The fourth-order valence-corrected chi connectivity index (χ4v) is 3.86. The highest BCUT2D eigenvalue weighted by atomic mass is 32.2. The molecular weight excluding hydrogens is 218 g/mol. The second-order valence-electron chi connectivity index (χ2n) is 4.97. The second kappa shape index (κ2) is 7.57. The first-order valence-electron chi connectivity index (χ1n) is 6.89. The maximum atomic E-state index is 5.58. The van der Waals surface area contributed by atoms with E-state index in [9.17, 15) is 0 Å². The van der Waals surface area contributed by atoms with Crippen molar-refractivity contribution < 1.29 is 4.74 Å². The molecule has 1 unspecified atom stereocenters. The lowest BCUT2D eigenvalue weighted by Gasteiger charge is -2.21.